The maximum atomic E-state index is 12.6. The summed E-state index contributed by atoms with van der Waals surface area (Å²) < 4.78 is 11.0. The van der Waals surface area contributed by atoms with Crippen molar-refractivity contribution < 1.29 is 13.9 Å². The highest BCUT2D eigenvalue weighted by Gasteiger charge is 2.40. The van der Waals surface area contributed by atoms with Crippen molar-refractivity contribution in [3.05, 3.63) is 53.5 Å². The number of nitrogens with zero attached hydrogens (tertiary/aromatic N) is 1. The van der Waals surface area contributed by atoms with Gasteiger partial charge in [0.1, 0.15) is 11.5 Å². The third-order valence-corrected chi connectivity index (χ3v) is 5.04. The van der Waals surface area contributed by atoms with Gasteiger partial charge in [-0.2, -0.15) is 0 Å². The van der Waals surface area contributed by atoms with Crippen LogP contribution in [0.4, 0.5) is 4.79 Å². The first kappa shape index (κ1) is 16.1. The molecule has 1 aliphatic heterocycles. The van der Waals surface area contributed by atoms with Gasteiger partial charge < -0.3 is 19.4 Å². The Morgan fingerprint density at radius 3 is 2.96 bits per heavy atom. The minimum Gasteiger partial charge on any atom is -0.494 e. The van der Waals surface area contributed by atoms with E-state index in [1.54, 1.807) is 6.26 Å². The summed E-state index contributed by atoms with van der Waals surface area (Å²) in [4.78, 5) is 14.5. The summed E-state index contributed by atoms with van der Waals surface area (Å²) in [6, 6.07) is 10.5. The molecule has 5 nitrogen and oxygen atoms in total. The number of benzene rings is 1. The van der Waals surface area contributed by atoms with Gasteiger partial charge in [0.05, 0.1) is 19.4 Å². The topological polar surface area (TPSA) is 54.7 Å². The predicted molar refractivity (Wildman–Crippen MR) is 94.7 cm³/mol. The van der Waals surface area contributed by atoms with Crippen LogP contribution in [0.2, 0.25) is 0 Å². The standard InChI is InChI=1S/C20H24N2O3/c1-2-24-16-7-5-14(6-8-16)17-12-18(17)21-20(23)22-10-3-4-19-15(13-22)9-11-25-19/h5-9,11,17-18H,2-4,10,12-13H2,1H3,(H,21,23)/t17-,18+/m0/s1. The first-order valence-electron chi connectivity index (χ1n) is 9.08. The van der Waals surface area contributed by atoms with E-state index in [-0.39, 0.29) is 12.1 Å². The summed E-state index contributed by atoms with van der Waals surface area (Å²) in [5, 5.41) is 3.19. The Bertz CT molecular complexity index is 738. The molecule has 1 aromatic carbocycles. The van der Waals surface area contributed by atoms with E-state index < -0.39 is 0 Å². The molecule has 0 spiro atoms. The Balaban J connectivity index is 1.33. The number of nitrogens with one attached hydrogen (secondary N) is 1. The van der Waals surface area contributed by atoms with Crippen LogP contribution in [-0.2, 0) is 13.0 Å². The van der Waals surface area contributed by atoms with E-state index in [2.05, 4.69) is 17.4 Å². The average molecular weight is 340 g/mol. The average Bonchev–Trinajstić information content (AvgIpc) is 3.30. The van der Waals surface area contributed by atoms with Gasteiger partial charge in [-0.25, -0.2) is 4.79 Å². The highest BCUT2D eigenvalue weighted by Crippen LogP contribution is 2.41. The molecule has 4 rings (SSSR count). The summed E-state index contributed by atoms with van der Waals surface area (Å²) >= 11 is 0. The van der Waals surface area contributed by atoms with Gasteiger partial charge >= 0.3 is 6.03 Å². The number of rotatable bonds is 4. The van der Waals surface area contributed by atoms with Crippen molar-refractivity contribution in [1.29, 1.82) is 0 Å². The lowest BCUT2D eigenvalue weighted by Crippen LogP contribution is -2.41. The van der Waals surface area contributed by atoms with E-state index in [0.717, 1.165) is 42.9 Å². The number of hydrogen-bond acceptors (Lipinski definition) is 3. The summed E-state index contributed by atoms with van der Waals surface area (Å²) in [6.45, 7) is 4.07. The number of fused-ring (bicyclic) bond motifs is 1. The van der Waals surface area contributed by atoms with E-state index in [9.17, 15) is 4.79 Å². The highest BCUT2D eigenvalue weighted by atomic mass is 16.5. The van der Waals surface area contributed by atoms with Crippen molar-refractivity contribution in [2.24, 2.45) is 0 Å². The van der Waals surface area contributed by atoms with E-state index >= 15 is 0 Å². The van der Waals surface area contributed by atoms with Crippen molar-refractivity contribution in [3.8, 4) is 5.75 Å². The number of ether oxygens (including phenoxy) is 1. The zero-order valence-electron chi connectivity index (χ0n) is 14.5. The van der Waals surface area contributed by atoms with Gasteiger partial charge in [0, 0.05) is 30.5 Å². The molecular formula is C20H24N2O3. The third-order valence-electron chi connectivity index (χ3n) is 5.04. The van der Waals surface area contributed by atoms with Crippen molar-refractivity contribution in [2.45, 2.75) is 44.7 Å². The predicted octanol–water partition coefficient (Wildman–Crippen LogP) is 3.69. The lowest BCUT2D eigenvalue weighted by Gasteiger charge is -2.21. The van der Waals surface area contributed by atoms with Crippen LogP contribution < -0.4 is 10.1 Å². The molecule has 2 aliphatic rings. The van der Waals surface area contributed by atoms with Crippen molar-refractivity contribution in [1.82, 2.24) is 10.2 Å². The minimum absolute atomic E-state index is 0.0347. The molecule has 132 valence electrons. The van der Waals surface area contributed by atoms with Gasteiger partial charge in [0.25, 0.3) is 0 Å². The number of urea groups is 1. The van der Waals surface area contributed by atoms with Gasteiger partial charge in [-0.1, -0.05) is 12.1 Å². The smallest absolute Gasteiger partial charge is 0.317 e. The SMILES string of the molecule is CCOc1ccc([C@@H]2C[C@H]2NC(=O)N2CCCc3occc3C2)cc1. The molecule has 0 radical (unpaired) electrons. The lowest BCUT2D eigenvalue weighted by atomic mass is 10.1. The van der Waals surface area contributed by atoms with E-state index in [1.165, 1.54) is 5.56 Å². The Hall–Kier alpha value is -2.43. The van der Waals surface area contributed by atoms with Gasteiger partial charge in [-0.3, -0.25) is 0 Å². The molecule has 0 saturated heterocycles. The maximum Gasteiger partial charge on any atom is 0.317 e. The van der Waals surface area contributed by atoms with Crippen LogP contribution in [0.15, 0.2) is 41.0 Å². The Kier molecular flexibility index (Phi) is 4.38. The van der Waals surface area contributed by atoms with Crippen LogP contribution >= 0.6 is 0 Å². The van der Waals surface area contributed by atoms with E-state index in [1.807, 2.05) is 30.0 Å². The summed E-state index contributed by atoms with van der Waals surface area (Å²) in [6.07, 6.45) is 4.57. The zero-order chi connectivity index (χ0) is 17.2. The first-order valence-corrected chi connectivity index (χ1v) is 9.08. The maximum absolute atomic E-state index is 12.6. The van der Waals surface area contributed by atoms with Crippen molar-refractivity contribution in [3.63, 3.8) is 0 Å². The first-order chi connectivity index (χ1) is 12.2. The molecule has 0 bridgehead atoms. The molecule has 1 fully saturated rings. The van der Waals surface area contributed by atoms with Crippen molar-refractivity contribution in [2.75, 3.05) is 13.2 Å². The number of furan rings is 1. The van der Waals surface area contributed by atoms with Crippen molar-refractivity contribution >= 4 is 6.03 Å². The molecule has 1 aromatic heterocycles. The summed E-state index contributed by atoms with van der Waals surface area (Å²) in [5.41, 5.74) is 2.40. The van der Waals surface area contributed by atoms with Crippen LogP contribution in [0.5, 0.6) is 5.75 Å². The Labute approximate surface area is 148 Å². The number of amides is 2. The lowest BCUT2D eigenvalue weighted by molar-refractivity contribution is 0.195. The van der Waals surface area contributed by atoms with Gasteiger partial charge in [0.2, 0.25) is 0 Å². The Morgan fingerprint density at radius 2 is 2.16 bits per heavy atom. The second kappa shape index (κ2) is 6.82. The van der Waals surface area contributed by atoms with E-state index in [0.29, 0.717) is 19.1 Å². The molecule has 1 saturated carbocycles. The summed E-state index contributed by atoms with van der Waals surface area (Å²) in [5.74, 6) is 2.33. The zero-order valence-corrected chi connectivity index (χ0v) is 14.5. The van der Waals surface area contributed by atoms with Crippen LogP contribution in [0.1, 0.15) is 42.6 Å². The molecule has 5 heteroatoms. The highest BCUT2D eigenvalue weighted by molar-refractivity contribution is 5.75. The largest absolute Gasteiger partial charge is 0.494 e. The number of hydrogen-bond donors (Lipinski definition) is 1. The fourth-order valence-electron chi connectivity index (χ4n) is 3.57. The second-order valence-electron chi connectivity index (χ2n) is 6.79. The Morgan fingerprint density at radius 1 is 1.32 bits per heavy atom. The third kappa shape index (κ3) is 3.50. The van der Waals surface area contributed by atoms with Crippen LogP contribution in [0, 0.1) is 0 Å². The van der Waals surface area contributed by atoms with Crippen LogP contribution in [-0.4, -0.2) is 30.1 Å². The molecule has 25 heavy (non-hydrogen) atoms. The molecule has 2 atom stereocenters. The molecule has 0 unspecified atom stereocenters. The van der Waals surface area contributed by atoms with E-state index in [4.69, 9.17) is 9.15 Å². The number of aryl methyl sites for hydroxylation is 1. The van der Waals surface area contributed by atoms with Crippen LogP contribution in [0.25, 0.3) is 0 Å². The number of carbonyl (C=O) groups is 1. The monoisotopic (exact) mass is 340 g/mol. The molecule has 1 aliphatic carbocycles. The fraction of sp³-hybridized carbons (Fsp3) is 0.450. The molecule has 2 amide bonds. The van der Waals surface area contributed by atoms with Gasteiger partial charge in [0.15, 0.2) is 0 Å². The minimum atomic E-state index is 0.0347. The molecule has 2 heterocycles. The number of carbonyl (C=O) groups excluding carboxylic acids is 1. The molecule has 1 N–H and O–H groups in total. The second-order valence-corrected chi connectivity index (χ2v) is 6.79. The fourth-order valence-corrected chi connectivity index (χ4v) is 3.57. The normalized spacial score (nSPS) is 22.0. The quantitative estimate of drug-likeness (QED) is 0.923. The van der Waals surface area contributed by atoms with Crippen LogP contribution in [0.3, 0.4) is 0 Å². The van der Waals surface area contributed by atoms with Gasteiger partial charge in [-0.05, 0) is 43.5 Å². The molecular weight excluding hydrogens is 316 g/mol. The summed E-state index contributed by atoms with van der Waals surface area (Å²) in [7, 11) is 0. The molecule has 2 aromatic rings. The van der Waals surface area contributed by atoms with Gasteiger partial charge in [-0.15, -0.1) is 0 Å².